The number of aryl methyl sites for hydroxylation is 1. The van der Waals surface area contributed by atoms with Gasteiger partial charge in [-0.1, -0.05) is 0 Å². The summed E-state index contributed by atoms with van der Waals surface area (Å²) in [5.74, 6) is -0.988. The molecule has 0 aliphatic heterocycles. The SMILES string of the molecule is Cc1cc(NC(=O)NCc2cnc[nH]2)ccc1C(=O)O. The summed E-state index contributed by atoms with van der Waals surface area (Å²) in [6, 6.07) is 4.25. The molecule has 0 aliphatic rings. The molecule has 0 unspecified atom stereocenters. The van der Waals surface area contributed by atoms with Gasteiger partial charge in [0.25, 0.3) is 0 Å². The quantitative estimate of drug-likeness (QED) is 0.681. The molecular formula is C13H14N4O3. The van der Waals surface area contributed by atoms with Crippen molar-refractivity contribution in [3.05, 3.63) is 47.5 Å². The van der Waals surface area contributed by atoms with Crippen LogP contribution in [0.2, 0.25) is 0 Å². The summed E-state index contributed by atoms with van der Waals surface area (Å²) in [5.41, 5.74) is 2.13. The molecule has 0 saturated heterocycles. The number of nitrogens with zero attached hydrogens (tertiary/aromatic N) is 1. The number of imidazole rings is 1. The fourth-order valence-electron chi connectivity index (χ4n) is 1.71. The summed E-state index contributed by atoms with van der Waals surface area (Å²) in [7, 11) is 0. The topological polar surface area (TPSA) is 107 Å². The monoisotopic (exact) mass is 274 g/mol. The molecule has 1 aromatic carbocycles. The van der Waals surface area contributed by atoms with E-state index in [2.05, 4.69) is 20.6 Å². The Bertz CT molecular complexity index is 623. The fraction of sp³-hybridized carbons (Fsp3) is 0.154. The zero-order chi connectivity index (χ0) is 14.5. The lowest BCUT2D eigenvalue weighted by Crippen LogP contribution is -2.28. The summed E-state index contributed by atoms with van der Waals surface area (Å²) in [6.07, 6.45) is 3.15. The van der Waals surface area contributed by atoms with Crippen LogP contribution >= 0.6 is 0 Å². The van der Waals surface area contributed by atoms with Crippen LogP contribution in [-0.2, 0) is 6.54 Å². The molecule has 0 fully saturated rings. The van der Waals surface area contributed by atoms with E-state index in [1.165, 1.54) is 12.4 Å². The molecule has 0 saturated carbocycles. The zero-order valence-corrected chi connectivity index (χ0v) is 10.8. The molecule has 7 nitrogen and oxygen atoms in total. The molecular weight excluding hydrogens is 260 g/mol. The van der Waals surface area contributed by atoms with Crippen LogP contribution in [0.4, 0.5) is 10.5 Å². The number of carbonyl (C=O) groups is 2. The lowest BCUT2D eigenvalue weighted by atomic mass is 10.1. The summed E-state index contributed by atoms with van der Waals surface area (Å²) in [4.78, 5) is 29.3. The van der Waals surface area contributed by atoms with Crippen LogP contribution in [0, 0.1) is 6.92 Å². The molecule has 7 heteroatoms. The van der Waals surface area contributed by atoms with Gasteiger partial charge in [0.15, 0.2) is 0 Å². The van der Waals surface area contributed by atoms with Crippen molar-refractivity contribution in [3.8, 4) is 0 Å². The molecule has 2 amide bonds. The molecule has 20 heavy (non-hydrogen) atoms. The van der Waals surface area contributed by atoms with E-state index in [0.29, 0.717) is 17.8 Å². The number of carboxylic acid groups (broad SMARTS) is 1. The molecule has 2 rings (SSSR count). The van der Waals surface area contributed by atoms with Crippen LogP contribution in [-0.4, -0.2) is 27.1 Å². The number of aromatic nitrogens is 2. The number of carbonyl (C=O) groups excluding carboxylic acids is 1. The van der Waals surface area contributed by atoms with Crippen LogP contribution in [0.1, 0.15) is 21.6 Å². The first kappa shape index (κ1) is 13.6. The van der Waals surface area contributed by atoms with Gasteiger partial charge in [-0.05, 0) is 30.7 Å². The minimum absolute atomic E-state index is 0.216. The number of aromatic carboxylic acids is 1. The predicted octanol–water partition coefficient (Wildman–Crippen LogP) is 1.74. The van der Waals surface area contributed by atoms with E-state index in [9.17, 15) is 9.59 Å². The van der Waals surface area contributed by atoms with Crippen LogP contribution in [0.5, 0.6) is 0 Å². The van der Waals surface area contributed by atoms with Gasteiger partial charge in [0.05, 0.1) is 24.1 Å². The van der Waals surface area contributed by atoms with Crippen molar-refractivity contribution < 1.29 is 14.7 Å². The van der Waals surface area contributed by atoms with Crippen molar-refractivity contribution >= 4 is 17.7 Å². The Morgan fingerprint density at radius 3 is 2.80 bits per heavy atom. The summed E-state index contributed by atoms with van der Waals surface area (Å²) in [5, 5.41) is 14.2. The second-order valence-electron chi connectivity index (χ2n) is 4.22. The number of carboxylic acids is 1. The Morgan fingerprint density at radius 2 is 2.20 bits per heavy atom. The van der Waals surface area contributed by atoms with Crippen LogP contribution < -0.4 is 10.6 Å². The summed E-state index contributed by atoms with van der Waals surface area (Å²) in [6.45, 7) is 2.01. The Hall–Kier alpha value is -2.83. The lowest BCUT2D eigenvalue weighted by molar-refractivity contribution is 0.0696. The summed E-state index contributed by atoms with van der Waals surface area (Å²) < 4.78 is 0. The number of hydrogen-bond acceptors (Lipinski definition) is 3. The molecule has 0 atom stereocenters. The van der Waals surface area contributed by atoms with E-state index in [-0.39, 0.29) is 11.6 Å². The van der Waals surface area contributed by atoms with Gasteiger partial charge in [-0.25, -0.2) is 14.6 Å². The minimum Gasteiger partial charge on any atom is -0.478 e. The third kappa shape index (κ3) is 3.35. The van der Waals surface area contributed by atoms with Crippen molar-refractivity contribution in [1.29, 1.82) is 0 Å². The summed E-state index contributed by atoms with van der Waals surface area (Å²) >= 11 is 0. The maximum atomic E-state index is 11.7. The molecule has 0 aliphatic carbocycles. The van der Waals surface area contributed by atoms with Gasteiger partial charge in [0.2, 0.25) is 0 Å². The molecule has 0 spiro atoms. The Balaban J connectivity index is 1.94. The standard InChI is InChI=1S/C13H14N4O3/c1-8-4-9(2-3-11(8)12(18)19)17-13(20)15-6-10-5-14-7-16-10/h2-5,7H,6H2,1H3,(H,14,16)(H,18,19)(H2,15,17,20). The predicted molar refractivity (Wildman–Crippen MR) is 72.6 cm³/mol. The number of urea groups is 1. The molecule has 0 bridgehead atoms. The molecule has 2 aromatic rings. The first-order chi connectivity index (χ1) is 9.56. The molecule has 1 heterocycles. The Labute approximate surface area is 115 Å². The van der Waals surface area contributed by atoms with Crippen LogP contribution in [0.3, 0.4) is 0 Å². The molecule has 1 aromatic heterocycles. The highest BCUT2D eigenvalue weighted by Gasteiger charge is 2.08. The van der Waals surface area contributed by atoms with Crippen molar-refractivity contribution in [2.75, 3.05) is 5.32 Å². The first-order valence-electron chi connectivity index (χ1n) is 5.92. The number of aromatic amines is 1. The molecule has 0 radical (unpaired) electrons. The number of hydrogen-bond donors (Lipinski definition) is 4. The van der Waals surface area contributed by atoms with Gasteiger partial charge in [0, 0.05) is 11.9 Å². The van der Waals surface area contributed by atoms with Crippen LogP contribution in [0.15, 0.2) is 30.7 Å². The van der Waals surface area contributed by atoms with E-state index in [1.54, 1.807) is 25.3 Å². The first-order valence-corrected chi connectivity index (χ1v) is 5.92. The average molecular weight is 274 g/mol. The maximum Gasteiger partial charge on any atom is 0.335 e. The number of anilines is 1. The highest BCUT2D eigenvalue weighted by Crippen LogP contribution is 2.15. The number of benzene rings is 1. The van der Waals surface area contributed by atoms with Gasteiger partial charge in [-0.3, -0.25) is 0 Å². The van der Waals surface area contributed by atoms with Crippen molar-refractivity contribution in [1.82, 2.24) is 15.3 Å². The third-order valence-corrected chi connectivity index (χ3v) is 2.71. The van der Waals surface area contributed by atoms with E-state index < -0.39 is 5.97 Å². The van der Waals surface area contributed by atoms with Gasteiger partial charge >= 0.3 is 12.0 Å². The highest BCUT2D eigenvalue weighted by atomic mass is 16.4. The lowest BCUT2D eigenvalue weighted by Gasteiger charge is -2.08. The van der Waals surface area contributed by atoms with Gasteiger partial charge < -0.3 is 20.7 Å². The maximum absolute atomic E-state index is 11.7. The van der Waals surface area contributed by atoms with Crippen molar-refractivity contribution in [2.24, 2.45) is 0 Å². The average Bonchev–Trinajstić information content (AvgIpc) is 2.89. The van der Waals surface area contributed by atoms with Gasteiger partial charge in [0.1, 0.15) is 0 Å². The molecule has 4 N–H and O–H groups in total. The van der Waals surface area contributed by atoms with Crippen molar-refractivity contribution in [3.63, 3.8) is 0 Å². The van der Waals surface area contributed by atoms with Gasteiger partial charge in [-0.15, -0.1) is 0 Å². The van der Waals surface area contributed by atoms with E-state index >= 15 is 0 Å². The second kappa shape index (κ2) is 5.87. The van der Waals surface area contributed by atoms with E-state index in [1.807, 2.05) is 0 Å². The second-order valence-corrected chi connectivity index (χ2v) is 4.22. The minimum atomic E-state index is -0.988. The fourth-order valence-corrected chi connectivity index (χ4v) is 1.71. The van der Waals surface area contributed by atoms with Crippen LogP contribution in [0.25, 0.3) is 0 Å². The normalized spacial score (nSPS) is 10.1. The number of rotatable bonds is 4. The zero-order valence-electron chi connectivity index (χ0n) is 10.8. The van der Waals surface area contributed by atoms with E-state index in [0.717, 1.165) is 5.69 Å². The number of nitrogens with one attached hydrogen (secondary N) is 3. The number of H-pyrrole nitrogens is 1. The van der Waals surface area contributed by atoms with Gasteiger partial charge in [-0.2, -0.15) is 0 Å². The number of amides is 2. The molecule has 104 valence electrons. The Morgan fingerprint density at radius 1 is 1.40 bits per heavy atom. The smallest absolute Gasteiger partial charge is 0.335 e. The van der Waals surface area contributed by atoms with E-state index in [4.69, 9.17) is 5.11 Å². The largest absolute Gasteiger partial charge is 0.478 e. The Kier molecular flexibility index (Phi) is 3.99. The third-order valence-electron chi connectivity index (χ3n) is 2.71. The van der Waals surface area contributed by atoms with Crippen molar-refractivity contribution in [2.45, 2.75) is 13.5 Å². The highest BCUT2D eigenvalue weighted by molar-refractivity contribution is 5.92.